The van der Waals surface area contributed by atoms with Gasteiger partial charge in [0.25, 0.3) is 5.56 Å². The maximum Gasteiger partial charge on any atom is 0.261 e. The standard InChI is InChI=1S/C17H21N3O2/c1-2-15(17(22)19-10-6-3-7-11-19)20-12-18-14-9-5-4-8-13(14)16(20)21/h4-5,8-9,12,15H,2-3,6-7,10-11H2,1H3. The molecule has 116 valence electrons. The third-order valence-corrected chi connectivity index (χ3v) is 4.37. The monoisotopic (exact) mass is 299 g/mol. The fourth-order valence-corrected chi connectivity index (χ4v) is 3.12. The van der Waals surface area contributed by atoms with Crippen LogP contribution in [-0.2, 0) is 4.79 Å². The summed E-state index contributed by atoms with van der Waals surface area (Å²) in [6.07, 6.45) is 5.38. The molecular weight excluding hydrogens is 278 g/mol. The van der Waals surface area contributed by atoms with Crippen molar-refractivity contribution in [3.05, 3.63) is 40.9 Å². The van der Waals surface area contributed by atoms with Gasteiger partial charge in [-0.25, -0.2) is 4.98 Å². The molecule has 5 nitrogen and oxygen atoms in total. The third kappa shape index (κ3) is 2.63. The van der Waals surface area contributed by atoms with Crippen LogP contribution in [0.25, 0.3) is 10.9 Å². The maximum absolute atomic E-state index is 12.8. The number of nitrogens with zero attached hydrogens (tertiary/aromatic N) is 3. The first kappa shape index (κ1) is 14.8. The highest BCUT2D eigenvalue weighted by Gasteiger charge is 2.26. The number of likely N-dealkylation sites (tertiary alicyclic amines) is 1. The maximum atomic E-state index is 12.8. The lowest BCUT2D eigenvalue weighted by atomic mass is 10.1. The smallest absolute Gasteiger partial charge is 0.261 e. The zero-order valence-electron chi connectivity index (χ0n) is 12.9. The van der Waals surface area contributed by atoms with E-state index in [-0.39, 0.29) is 11.5 Å². The van der Waals surface area contributed by atoms with Crippen LogP contribution in [0.4, 0.5) is 0 Å². The van der Waals surface area contributed by atoms with Gasteiger partial charge >= 0.3 is 0 Å². The largest absolute Gasteiger partial charge is 0.341 e. The van der Waals surface area contributed by atoms with Crippen LogP contribution in [0.1, 0.15) is 38.6 Å². The molecule has 1 amide bonds. The summed E-state index contributed by atoms with van der Waals surface area (Å²) in [7, 11) is 0. The molecule has 2 aromatic rings. The highest BCUT2D eigenvalue weighted by molar-refractivity contribution is 5.82. The number of hydrogen-bond acceptors (Lipinski definition) is 3. The molecule has 1 aliphatic rings. The molecule has 1 saturated heterocycles. The Bertz CT molecular complexity index is 732. The summed E-state index contributed by atoms with van der Waals surface area (Å²) in [5.41, 5.74) is 0.534. The summed E-state index contributed by atoms with van der Waals surface area (Å²) in [6, 6.07) is 6.80. The molecule has 0 radical (unpaired) electrons. The van der Waals surface area contributed by atoms with E-state index in [0.717, 1.165) is 25.9 Å². The van der Waals surface area contributed by atoms with Crippen LogP contribution in [0.5, 0.6) is 0 Å². The number of piperidine rings is 1. The number of fused-ring (bicyclic) bond motifs is 1. The molecule has 2 heterocycles. The van der Waals surface area contributed by atoms with Crippen LogP contribution < -0.4 is 5.56 Å². The Morgan fingerprint density at radius 1 is 1.23 bits per heavy atom. The van der Waals surface area contributed by atoms with Gasteiger partial charge in [0.15, 0.2) is 0 Å². The molecule has 1 aliphatic heterocycles. The SMILES string of the molecule is CCC(C(=O)N1CCCCC1)n1cnc2ccccc2c1=O. The lowest BCUT2D eigenvalue weighted by molar-refractivity contribution is -0.135. The van der Waals surface area contributed by atoms with Gasteiger partial charge in [0.2, 0.25) is 5.91 Å². The van der Waals surface area contributed by atoms with Crippen molar-refractivity contribution in [3.63, 3.8) is 0 Å². The van der Waals surface area contributed by atoms with E-state index in [1.54, 1.807) is 6.07 Å². The van der Waals surface area contributed by atoms with Crippen molar-refractivity contribution in [2.75, 3.05) is 13.1 Å². The first-order chi connectivity index (χ1) is 10.7. The second kappa shape index (κ2) is 6.30. The lowest BCUT2D eigenvalue weighted by Crippen LogP contribution is -2.42. The first-order valence-electron chi connectivity index (χ1n) is 7.97. The zero-order valence-corrected chi connectivity index (χ0v) is 12.9. The van der Waals surface area contributed by atoms with Gasteiger partial charge in [-0.05, 0) is 37.8 Å². The predicted octanol–water partition coefficient (Wildman–Crippen LogP) is 2.36. The van der Waals surface area contributed by atoms with Crippen LogP contribution in [0, 0.1) is 0 Å². The number of aromatic nitrogens is 2. The number of benzene rings is 1. The summed E-state index contributed by atoms with van der Waals surface area (Å²) in [5, 5.41) is 0.565. The normalized spacial score (nSPS) is 16.7. The molecule has 0 N–H and O–H groups in total. The fourth-order valence-electron chi connectivity index (χ4n) is 3.12. The minimum absolute atomic E-state index is 0.0429. The van der Waals surface area contributed by atoms with E-state index in [1.165, 1.54) is 17.3 Å². The third-order valence-electron chi connectivity index (χ3n) is 4.37. The van der Waals surface area contributed by atoms with Gasteiger partial charge in [0.1, 0.15) is 6.04 Å². The minimum atomic E-state index is -0.456. The fraction of sp³-hybridized carbons (Fsp3) is 0.471. The van der Waals surface area contributed by atoms with Gasteiger partial charge in [-0.1, -0.05) is 19.1 Å². The molecule has 0 bridgehead atoms. The Labute approximate surface area is 129 Å². The quantitative estimate of drug-likeness (QED) is 0.874. The van der Waals surface area contributed by atoms with E-state index in [0.29, 0.717) is 17.3 Å². The van der Waals surface area contributed by atoms with E-state index in [2.05, 4.69) is 4.98 Å². The number of hydrogen-bond donors (Lipinski definition) is 0. The van der Waals surface area contributed by atoms with Crippen LogP contribution in [0.15, 0.2) is 35.4 Å². The van der Waals surface area contributed by atoms with Crippen molar-refractivity contribution in [2.45, 2.75) is 38.6 Å². The average molecular weight is 299 g/mol. The summed E-state index contributed by atoms with van der Waals surface area (Å²) < 4.78 is 1.50. The van der Waals surface area contributed by atoms with Crippen molar-refractivity contribution in [1.82, 2.24) is 14.5 Å². The van der Waals surface area contributed by atoms with Gasteiger partial charge in [-0.3, -0.25) is 14.2 Å². The van der Waals surface area contributed by atoms with Crippen LogP contribution in [0.2, 0.25) is 0 Å². The Kier molecular flexibility index (Phi) is 4.22. The molecule has 0 aliphatic carbocycles. The van der Waals surface area contributed by atoms with Crippen LogP contribution in [0.3, 0.4) is 0 Å². The molecule has 1 aromatic carbocycles. The molecule has 3 rings (SSSR count). The Morgan fingerprint density at radius 2 is 1.95 bits per heavy atom. The number of amides is 1. The van der Waals surface area contributed by atoms with Crippen molar-refractivity contribution in [2.24, 2.45) is 0 Å². The summed E-state index contributed by atoms with van der Waals surface area (Å²) >= 11 is 0. The Hall–Kier alpha value is -2.17. The average Bonchev–Trinajstić information content (AvgIpc) is 2.58. The summed E-state index contributed by atoms with van der Waals surface area (Å²) in [6.45, 7) is 3.53. The lowest BCUT2D eigenvalue weighted by Gasteiger charge is -2.30. The van der Waals surface area contributed by atoms with Crippen molar-refractivity contribution in [1.29, 1.82) is 0 Å². The Morgan fingerprint density at radius 3 is 2.68 bits per heavy atom. The van der Waals surface area contributed by atoms with E-state index in [1.807, 2.05) is 30.0 Å². The first-order valence-corrected chi connectivity index (χ1v) is 7.97. The van der Waals surface area contributed by atoms with Gasteiger partial charge in [0, 0.05) is 13.1 Å². The number of carbonyl (C=O) groups is 1. The van der Waals surface area contributed by atoms with E-state index in [4.69, 9.17) is 0 Å². The van der Waals surface area contributed by atoms with E-state index in [9.17, 15) is 9.59 Å². The molecule has 1 aromatic heterocycles. The molecule has 5 heteroatoms. The van der Waals surface area contributed by atoms with Crippen LogP contribution >= 0.6 is 0 Å². The molecule has 22 heavy (non-hydrogen) atoms. The van der Waals surface area contributed by atoms with E-state index >= 15 is 0 Å². The van der Waals surface area contributed by atoms with Crippen LogP contribution in [-0.4, -0.2) is 33.4 Å². The van der Waals surface area contributed by atoms with Gasteiger partial charge < -0.3 is 4.90 Å². The van der Waals surface area contributed by atoms with Gasteiger partial charge in [-0.2, -0.15) is 0 Å². The molecular formula is C17H21N3O2. The van der Waals surface area contributed by atoms with Crippen molar-refractivity contribution in [3.8, 4) is 0 Å². The minimum Gasteiger partial charge on any atom is -0.341 e. The molecule has 0 saturated carbocycles. The highest BCUT2D eigenvalue weighted by atomic mass is 16.2. The summed E-state index contributed by atoms with van der Waals surface area (Å²) in [5.74, 6) is 0.0429. The number of rotatable bonds is 3. The second-order valence-corrected chi connectivity index (χ2v) is 5.78. The second-order valence-electron chi connectivity index (χ2n) is 5.78. The Balaban J connectivity index is 1.98. The van der Waals surface area contributed by atoms with Crippen molar-refractivity contribution < 1.29 is 4.79 Å². The molecule has 1 fully saturated rings. The van der Waals surface area contributed by atoms with Crippen molar-refractivity contribution >= 4 is 16.8 Å². The number of para-hydroxylation sites is 1. The topological polar surface area (TPSA) is 55.2 Å². The predicted molar refractivity (Wildman–Crippen MR) is 85.8 cm³/mol. The molecule has 1 unspecified atom stereocenters. The summed E-state index contributed by atoms with van der Waals surface area (Å²) in [4.78, 5) is 31.6. The zero-order chi connectivity index (χ0) is 15.5. The highest BCUT2D eigenvalue weighted by Crippen LogP contribution is 2.18. The van der Waals surface area contributed by atoms with E-state index < -0.39 is 6.04 Å². The molecule has 0 spiro atoms. The van der Waals surface area contributed by atoms with Gasteiger partial charge in [0.05, 0.1) is 17.2 Å². The van der Waals surface area contributed by atoms with Gasteiger partial charge in [-0.15, -0.1) is 0 Å². The number of carbonyl (C=O) groups excluding carboxylic acids is 1. The molecule has 1 atom stereocenters.